The molecule has 1 aromatic heterocycles. The molecule has 4 heteroatoms. The molecule has 1 N–H and O–H groups in total. The van der Waals surface area contributed by atoms with Crippen molar-refractivity contribution in [2.75, 3.05) is 20.1 Å². The summed E-state index contributed by atoms with van der Waals surface area (Å²) >= 11 is 0. The van der Waals surface area contributed by atoms with Crippen molar-refractivity contribution >= 4 is 5.91 Å². The van der Waals surface area contributed by atoms with Crippen LogP contribution in [0.5, 0.6) is 0 Å². The molecule has 0 radical (unpaired) electrons. The molecule has 2 heterocycles. The lowest BCUT2D eigenvalue weighted by Crippen LogP contribution is -2.42. The van der Waals surface area contributed by atoms with E-state index in [2.05, 4.69) is 17.2 Å². The van der Waals surface area contributed by atoms with Gasteiger partial charge in [-0.1, -0.05) is 13.0 Å². The van der Waals surface area contributed by atoms with E-state index in [0.29, 0.717) is 6.54 Å². The fraction of sp³-hybridized carbons (Fsp3) is 0.571. The number of carbonyl (C=O) groups excluding carboxylic acids is 1. The second-order valence-corrected chi connectivity index (χ2v) is 5.08. The molecule has 1 aliphatic rings. The maximum atomic E-state index is 12.6. The van der Waals surface area contributed by atoms with E-state index >= 15 is 0 Å². The summed E-state index contributed by atoms with van der Waals surface area (Å²) in [7, 11) is 1.88. The minimum absolute atomic E-state index is 0.197. The lowest BCUT2D eigenvalue weighted by Gasteiger charge is -2.30. The van der Waals surface area contributed by atoms with Gasteiger partial charge in [-0.3, -0.25) is 9.78 Å². The molecule has 1 amide bonds. The summed E-state index contributed by atoms with van der Waals surface area (Å²) in [6.45, 7) is 4.48. The summed E-state index contributed by atoms with van der Waals surface area (Å²) in [5.41, 5.74) is 0.877. The fourth-order valence-electron chi connectivity index (χ4n) is 2.62. The van der Waals surface area contributed by atoms with Crippen LogP contribution in [-0.2, 0) is 11.3 Å². The van der Waals surface area contributed by atoms with Gasteiger partial charge in [0.2, 0.25) is 5.91 Å². The number of carbonyl (C=O) groups is 1. The van der Waals surface area contributed by atoms with Crippen molar-refractivity contribution in [3.8, 4) is 0 Å². The first-order valence-electron chi connectivity index (χ1n) is 6.53. The fourth-order valence-corrected chi connectivity index (χ4v) is 2.62. The number of amides is 1. The molecule has 1 aromatic rings. The van der Waals surface area contributed by atoms with E-state index < -0.39 is 0 Å². The van der Waals surface area contributed by atoms with Crippen LogP contribution < -0.4 is 5.32 Å². The normalized spacial score (nSPS) is 23.0. The topological polar surface area (TPSA) is 45.2 Å². The minimum Gasteiger partial charge on any atom is -0.341 e. The molecule has 2 rings (SSSR count). The quantitative estimate of drug-likeness (QED) is 0.875. The van der Waals surface area contributed by atoms with E-state index in [9.17, 15) is 4.79 Å². The van der Waals surface area contributed by atoms with Crippen molar-refractivity contribution in [2.45, 2.75) is 26.3 Å². The highest BCUT2D eigenvalue weighted by molar-refractivity contribution is 5.83. The standard InChI is InChI=1S/C14H21N3O/c1-3-14(6-8-16-11-14)13(18)17(2)10-12-5-4-7-15-9-12/h4-5,7,9,16H,3,6,8,10-11H2,1-2H3. The van der Waals surface area contributed by atoms with Gasteiger partial charge in [-0.05, 0) is 31.0 Å². The number of nitrogens with zero attached hydrogens (tertiary/aromatic N) is 2. The Bertz CT molecular complexity index is 399. The zero-order chi connectivity index (χ0) is 13.0. The average molecular weight is 247 g/mol. The minimum atomic E-state index is -0.197. The number of hydrogen-bond acceptors (Lipinski definition) is 3. The van der Waals surface area contributed by atoms with Crippen LogP contribution in [0, 0.1) is 5.41 Å². The Morgan fingerprint density at radius 3 is 3.00 bits per heavy atom. The van der Waals surface area contributed by atoms with Crippen LogP contribution in [0.3, 0.4) is 0 Å². The van der Waals surface area contributed by atoms with Gasteiger partial charge < -0.3 is 10.2 Å². The van der Waals surface area contributed by atoms with E-state index in [0.717, 1.165) is 31.5 Å². The number of rotatable bonds is 4. The molecule has 0 saturated carbocycles. The number of nitrogens with one attached hydrogen (secondary N) is 1. The number of aromatic nitrogens is 1. The molecule has 0 bridgehead atoms. The highest BCUT2D eigenvalue weighted by Gasteiger charge is 2.41. The van der Waals surface area contributed by atoms with Gasteiger partial charge in [0.25, 0.3) is 0 Å². The molecule has 0 aromatic carbocycles. The van der Waals surface area contributed by atoms with Crippen LogP contribution >= 0.6 is 0 Å². The van der Waals surface area contributed by atoms with Crippen molar-refractivity contribution in [3.05, 3.63) is 30.1 Å². The summed E-state index contributed by atoms with van der Waals surface area (Å²) in [5.74, 6) is 0.249. The molecule has 18 heavy (non-hydrogen) atoms. The summed E-state index contributed by atoms with van der Waals surface area (Å²) in [6.07, 6.45) is 5.41. The van der Waals surface area contributed by atoms with Crippen LogP contribution in [0.1, 0.15) is 25.3 Å². The summed E-state index contributed by atoms with van der Waals surface area (Å²) < 4.78 is 0. The Balaban J connectivity index is 2.04. The summed E-state index contributed by atoms with van der Waals surface area (Å²) in [5, 5.41) is 3.30. The van der Waals surface area contributed by atoms with Crippen LogP contribution in [0.4, 0.5) is 0 Å². The van der Waals surface area contributed by atoms with Gasteiger partial charge >= 0.3 is 0 Å². The third-order valence-electron chi connectivity index (χ3n) is 3.86. The van der Waals surface area contributed by atoms with Crippen LogP contribution in [-0.4, -0.2) is 35.9 Å². The van der Waals surface area contributed by atoms with Gasteiger partial charge in [-0.15, -0.1) is 0 Å². The lowest BCUT2D eigenvalue weighted by atomic mass is 9.83. The summed E-state index contributed by atoms with van der Waals surface area (Å²) in [6, 6.07) is 3.91. The number of pyridine rings is 1. The van der Waals surface area contributed by atoms with Crippen LogP contribution in [0.2, 0.25) is 0 Å². The largest absolute Gasteiger partial charge is 0.341 e. The lowest BCUT2D eigenvalue weighted by molar-refractivity contribution is -0.140. The SMILES string of the molecule is CCC1(C(=O)N(C)Cc2cccnc2)CCNC1. The smallest absolute Gasteiger partial charge is 0.230 e. The molecule has 0 aliphatic carbocycles. The van der Waals surface area contributed by atoms with Crippen molar-refractivity contribution in [1.29, 1.82) is 0 Å². The Morgan fingerprint density at radius 1 is 1.61 bits per heavy atom. The maximum Gasteiger partial charge on any atom is 0.230 e. The molecular weight excluding hydrogens is 226 g/mol. The molecule has 1 unspecified atom stereocenters. The second kappa shape index (κ2) is 5.48. The molecule has 98 valence electrons. The van der Waals surface area contributed by atoms with Gasteiger partial charge in [-0.2, -0.15) is 0 Å². The molecule has 4 nitrogen and oxygen atoms in total. The monoisotopic (exact) mass is 247 g/mol. The van der Waals surface area contributed by atoms with Gasteiger partial charge in [0.1, 0.15) is 0 Å². The molecule has 1 aliphatic heterocycles. The van der Waals surface area contributed by atoms with Crippen molar-refractivity contribution in [3.63, 3.8) is 0 Å². The Hall–Kier alpha value is -1.42. The first-order chi connectivity index (χ1) is 8.68. The van der Waals surface area contributed by atoms with Crippen molar-refractivity contribution in [1.82, 2.24) is 15.2 Å². The third kappa shape index (κ3) is 2.53. The first kappa shape index (κ1) is 13.0. The van der Waals surface area contributed by atoms with Gasteiger partial charge in [0.05, 0.1) is 5.41 Å². The Morgan fingerprint density at radius 2 is 2.44 bits per heavy atom. The highest BCUT2D eigenvalue weighted by Crippen LogP contribution is 2.31. The molecular formula is C14H21N3O. The van der Waals surface area contributed by atoms with E-state index in [1.54, 1.807) is 6.20 Å². The van der Waals surface area contributed by atoms with Crippen LogP contribution in [0.15, 0.2) is 24.5 Å². The third-order valence-corrected chi connectivity index (χ3v) is 3.86. The van der Waals surface area contributed by atoms with Crippen LogP contribution in [0.25, 0.3) is 0 Å². The first-order valence-corrected chi connectivity index (χ1v) is 6.53. The van der Waals surface area contributed by atoms with E-state index in [1.807, 2.05) is 30.3 Å². The molecule has 1 atom stereocenters. The summed E-state index contributed by atoms with van der Waals surface area (Å²) in [4.78, 5) is 18.5. The van der Waals surface area contributed by atoms with E-state index in [4.69, 9.17) is 0 Å². The predicted molar refractivity (Wildman–Crippen MR) is 70.9 cm³/mol. The second-order valence-electron chi connectivity index (χ2n) is 5.08. The Kier molecular flexibility index (Phi) is 3.97. The van der Waals surface area contributed by atoms with Gasteiger partial charge in [-0.25, -0.2) is 0 Å². The van der Waals surface area contributed by atoms with Gasteiger partial charge in [0, 0.05) is 32.5 Å². The highest BCUT2D eigenvalue weighted by atomic mass is 16.2. The molecule has 1 fully saturated rings. The van der Waals surface area contributed by atoms with E-state index in [1.165, 1.54) is 0 Å². The average Bonchev–Trinajstić information content (AvgIpc) is 2.89. The van der Waals surface area contributed by atoms with Gasteiger partial charge in [0.15, 0.2) is 0 Å². The molecule has 1 saturated heterocycles. The van der Waals surface area contributed by atoms with Crippen molar-refractivity contribution < 1.29 is 4.79 Å². The zero-order valence-electron chi connectivity index (χ0n) is 11.1. The number of hydrogen-bond donors (Lipinski definition) is 1. The molecule has 0 spiro atoms. The maximum absolute atomic E-state index is 12.6. The van der Waals surface area contributed by atoms with Crippen molar-refractivity contribution in [2.24, 2.45) is 5.41 Å². The predicted octanol–water partition coefficient (Wildman–Crippen LogP) is 1.43. The Labute approximate surface area is 108 Å². The van der Waals surface area contributed by atoms with E-state index in [-0.39, 0.29) is 11.3 Å². The zero-order valence-corrected chi connectivity index (χ0v) is 11.1.